The van der Waals surface area contributed by atoms with Crippen molar-refractivity contribution in [1.82, 2.24) is 4.98 Å². The maximum Gasteiger partial charge on any atom is 0.347 e. The summed E-state index contributed by atoms with van der Waals surface area (Å²) < 4.78 is 26.3. The van der Waals surface area contributed by atoms with Crippen molar-refractivity contribution < 1.29 is 23.4 Å². The monoisotopic (exact) mass is 343 g/mol. The lowest BCUT2D eigenvalue weighted by molar-refractivity contribution is 0.253. The molecule has 7 nitrogen and oxygen atoms in total. The van der Waals surface area contributed by atoms with Gasteiger partial charge in [0.25, 0.3) is 0 Å². The Balaban J connectivity index is 1.87. The smallest absolute Gasteiger partial charge is 0.347 e. The third kappa shape index (κ3) is 3.50. The molecule has 0 aliphatic carbocycles. The molecule has 0 saturated carbocycles. The van der Waals surface area contributed by atoms with Crippen LogP contribution in [0.4, 0.5) is 0 Å². The Kier molecular flexibility index (Phi) is 4.74. The average Bonchev–Trinajstić information content (AvgIpc) is 2.65. The minimum Gasteiger partial charge on any atom is -0.497 e. The molecule has 0 aliphatic rings. The molecule has 0 saturated heterocycles. The van der Waals surface area contributed by atoms with E-state index in [2.05, 4.69) is 4.98 Å². The number of ether oxygens (including phenoxy) is 4. The highest BCUT2D eigenvalue weighted by molar-refractivity contribution is 5.81. The zero-order valence-corrected chi connectivity index (χ0v) is 14.1. The second-order valence-corrected chi connectivity index (χ2v) is 5.08. The van der Waals surface area contributed by atoms with E-state index in [1.54, 1.807) is 43.5 Å². The van der Waals surface area contributed by atoms with E-state index in [1.807, 2.05) is 0 Å². The molecule has 3 rings (SSSR count). The van der Waals surface area contributed by atoms with E-state index in [4.69, 9.17) is 23.4 Å². The first-order valence-corrected chi connectivity index (χ1v) is 7.47. The van der Waals surface area contributed by atoms with E-state index < -0.39 is 5.63 Å². The molecule has 0 radical (unpaired) electrons. The third-order valence-electron chi connectivity index (χ3n) is 3.60. The molecule has 3 aromatic rings. The molecule has 0 bridgehead atoms. The standard InChI is InChI=1S/C18H17NO6/c1-21-11-4-6-12(7-5-11)24-10-17-19-14-9-16(23-3)15(22-2)8-13(14)18(20)25-17/h4-9H,10H2,1-3H3. The van der Waals surface area contributed by atoms with Crippen LogP contribution in [0.25, 0.3) is 10.9 Å². The van der Waals surface area contributed by atoms with Gasteiger partial charge in [-0.05, 0) is 24.3 Å². The summed E-state index contributed by atoms with van der Waals surface area (Å²) in [6.07, 6.45) is 0. The summed E-state index contributed by atoms with van der Waals surface area (Å²) in [6, 6.07) is 10.2. The SMILES string of the molecule is COc1ccc(OCc2nc3cc(OC)c(OC)cc3c(=O)o2)cc1. The van der Waals surface area contributed by atoms with Crippen molar-refractivity contribution in [3.63, 3.8) is 0 Å². The number of methoxy groups -OCH3 is 3. The van der Waals surface area contributed by atoms with E-state index in [9.17, 15) is 4.79 Å². The molecule has 1 heterocycles. The maximum atomic E-state index is 12.2. The normalized spacial score (nSPS) is 10.5. The minimum atomic E-state index is -0.515. The van der Waals surface area contributed by atoms with Crippen molar-refractivity contribution in [1.29, 1.82) is 0 Å². The fourth-order valence-corrected chi connectivity index (χ4v) is 2.32. The lowest BCUT2D eigenvalue weighted by Gasteiger charge is -2.09. The van der Waals surface area contributed by atoms with Gasteiger partial charge in [0.05, 0.1) is 32.2 Å². The van der Waals surface area contributed by atoms with Gasteiger partial charge in [0.2, 0.25) is 5.89 Å². The third-order valence-corrected chi connectivity index (χ3v) is 3.60. The van der Waals surface area contributed by atoms with Crippen molar-refractivity contribution >= 4 is 10.9 Å². The largest absolute Gasteiger partial charge is 0.497 e. The van der Waals surface area contributed by atoms with Gasteiger partial charge in [0, 0.05) is 12.1 Å². The fraction of sp³-hybridized carbons (Fsp3) is 0.222. The summed E-state index contributed by atoms with van der Waals surface area (Å²) >= 11 is 0. The summed E-state index contributed by atoms with van der Waals surface area (Å²) in [5.74, 6) is 2.42. The Morgan fingerprint density at radius 1 is 0.920 bits per heavy atom. The first-order chi connectivity index (χ1) is 12.1. The summed E-state index contributed by atoms with van der Waals surface area (Å²) in [7, 11) is 4.60. The van der Waals surface area contributed by atoms with Crippen LogP contribution in [0.15, 0.2) is 45.6 Å². The Hall–Kier alpha value is -3.22. The fourth-order valence-electron chi connectivity index (χ4n) is 2.32. The van der Waals surface area contributed by atoms with Crippen molar-refractivity contribution in [3.05, 3.63) is 52.7 Å². The molecule has 0 amide bonds. The van der Waals surface area contributed by atoms with Gasteiger partial charge < -0.3 is 23.4 Å². The predicted octanol–water partition coefficient (Wildman–Crippen LogP) is 2.79. The van der Waals surface area contributed by atoms with Crippen LogP contribution in [0, 0.1) is 0 Å². The first-order valence-electron chi connectivity index (χ1n) is 7.47. The average molecular weight is 343 g/mol. The van der Waals surface area contributed by atoms with Gasteiger partial charge in [-0.15, -0.1) is 0 Å². The van der Waals surface area contributed by atoms with Crippen LogP contribution in [0.1, 0.15) is 5.89 Å². The van der Waals surface area contributed by atoms with Crippen LogP contribution in [0.3, 0.4) is 0 Å². The van der Waals surface area contributed by atoms with Crippen LogP contribution in [-0.2, 0) is 6.61 Å². The minimum absolute atomic E-state index is 0.0197. The highest BCUT2D eigenvalue weighted by Gasteiger charge is 2.12. The molecule has 0 unspecified atom stereocenters. The molecule has 7 heteroatoms. The maximum absolute atomic E-state index is 12.2. The molecule has 0 N–H and O–H groups in total. The molecule has 0 aliphatic heterocycles. The Morgan fingerprint density at radius 3 is 2.20 bits per heavy atom. The van der Waals surface area contributed by atoms with Crippen molar-refractivity contribution in [2.75, 3.05) is 21.3 Å². The summed E-state index contributed by atoms with van der Waals surface area (Å²) in [4.78, 5) is 16.5. The van der Waals surface area contributed by atoms with Gasteiger partial charge in [-0.3, -0.25) is 0 Å². The van der Waals surface area contributed by atoms with Gasteiger partial charge in [-0.25, -0.2) is 9.78 Å². The summed E-state index contributed by atoms with van der Waals surface area (Å²) in [5.41, 5.74) is -0.0680. The van der Waals surface area contributed by atoms with Gasteiger partial charge in [0.15, 0.2) is 18.1 Å². The van der Waals surface area contributed by atoms with Gasteiger partial charge >= 0.3 is 5.63 Å². The van der Waals surface area contributed by atoms with Gasteiger partial charge in [0.1, 0.15) is 11.5 Å². The van der Waals surface area contributed by atoms with E-state index in [0.717, 1.165) is 5.75 Å². The number of fused-ring (bicyclic) bond motifs is 1. The molecule has 0 atom stereocenters. The molecule has 1 aromatic heterocycles. The zero-order chi connectivity index (χ0) is 17.8. The highest BCUT2D eigenvalue weighted by atomic mass is 16.5. The molecule has 25 heavy (non-hydrogen) atoms. The number of aromatic nitrogens is 1. The van der Waals surface area contributed by atoms with Gasteiger partial charge in [-0.1, -0.05) is 0 Å². The highest BCUT2D eigenvalue weighted by Crippen LogP contribution is 2.30. The summed E-state index contributed by atoms with van der Waals surface area (Å²) in [5, 5.41) is 0.311. The quantitative estimate of drug-likeness (QED) is 0.681. The van der Waals surface area contributed by atoms with Crippen LogP contribution in [0.2, 0.25) is 0 Å². The lowest BCUT2D eigenvalue weighted by Crippen LogP contribution is -2.08. The molecular weight excluding hydrogens is 326 g/mol. The Bertz CT molecular complexity index is 933. The van der Waals surface area contributed by atoms with Gasteiger partial charge in [-0.2, -0.15) is 0 Å². The van der Waals surface area contributed by atoms with Crippen LogP contribution in [0.5, 0.6) is 23.0 Å². The molecular formula is C18H17NO6. The second-order valence-electron chi connectivity index (χ2n) is 5.08. The van der Waals surface area contributed by atoms with Crippen molar-refractivity contribution in [3.8, 4) is 23.0 Å². The van der Waals surface area contributed by atoms with Crippen LogP contribution < -0.4 is 24.6 Å². The van der Waals surface area contributed by atoms with Crippen molar-refractivity contribution in [2.45, 2.75) is 6.61 Å². The molecule has 0 fully saturated rings. The zero-order valence-electron chi connectivity index (χ0n) is 14.1. The van der Waals surface area contributed by atoms with E-state index in [1.165, 1.54) is 14.2 Å². The first kappa shape index (κ1) is 16.6. The van der Waals surface area contributed by atoms with E-state index in [-0.39, 0.29) is 12.5 Å². The molecule has 130 valence electrons. The number of hydrogen-bond donors (Lipinski definition) is 0. The number of hydrogen-bond acceptors (Lipinski definition) is 7. The van der Waals surface area contributed by atoms with Crippen LogP contribution in [-0.4, -0.2) is 26.3 Å². The second kappa shape index (κ2) is 7.12. The van der Waals surface area contributed by atoms with Crippen LogP contribution >= 0.6 is 0 Å². The lowest BCUT2D eigenvalue weighted by atomic mass is 10.2. The topological polar surface area (TPSA) is 80.0 Å². The summed E-state index contributed by atoms with van der Waals surface area (Å²) in [6.45, 7) is 0.0197. The molecule has 0 spiro atoms. The number of nitrogens with zero attached hydrogens (tertiary/aromatic N) is 1. The number of benzene rings is 2. The Labute approximate surface area is 143 Å². The van der Waals surface area contributed by atoms with Crippen molar-refractivity contribution in [2.24, 2.45) is 0 Å². The van der Waals surface area contributed by atoms with E-state index >= 15 is 0 Å². The predicted molar refractivity (Wildman–Crippen MR) is 90.7 cm³/mol. The Morgan fingerprint density at radius 2 is 1.56 bits per heavy atom. The molecule has 2 aromatic carbocycles. The van der Waals surface area contributed by atoms with E-state index in [0.29, 0.717) is 28.2 Å². The number of rotatable bonds is 6.